The van der Waals surface area contributed by atoms with Crippen LogP contribution in [0.5, 0.6) is 0 Å². The summed E-state index contributed by atoms with van der Waals surface area (Å²) in [6, 6.07) is 0.707. The fraction of sp³-hybridized carbons (Fsp3) is 1.00. The number of hydrogen-bond acceptors (Lipinski definition) is 2. The Morgan fingerprint density at radius 3 is 2.25 bits per heavy atom. The van der Waals surface area contributed by atoms with Crippen LogP contribution in [0.1, 0.15) is 33.1 Å². The van der Waals surface area contributed by atoms with Gasteiger partial charge in [-0.2, -0.15) is 0 Å². The zero-order chi connectivity index (χ0) is 9.40. The van der Waals surface area contributed by atoms with Gasteiger partial charge in [0.2, 0.25) is 0 Å². The maximum Gasteiger partial charge on any atom is 0.00669 e. The average Bonchev–Trinajstić information content (AvgIpc) is 2.02. The van der Waals surface area contributed by atoms with E-state index >= 15 is 0 Å². The smallest absolute Gasteiger partial charge is 0.00669 e. The minimum Gasteiger partial charge on any atom is -0.320 e. The summed E-state index contributed by atoms with van der Waals surface area (Å²) in [4.78, 5) is 0. The van der Waals surface area contributed by atoms with Crippen LogP contribution in [-0.2, 0) is 0 Å². The van der Waals surface area contributed by atoms with E-state index in [1.165, 1.54) is 19.3 Å². The molecule has 0 spiro atoms. The molecule has 1 atom stereocenters. The highest BCUT2D eigenvalue weighted by molar-refractivity contribution is 4.66. The first-order valence-electron chi connectivity index (χ1n) is 5.02. The first kappa shape index (κ1) is 11.9. The SMILES string of the molecule is CNCCCC(CC(C)C)NC. The topological polar surface area (TPSA) is 24.1 Å². The Hall–Kier alpha value is -0.0800. The van der Waals surface area contributed by atoms with Crippen LogP contribution in [0.3, 0.4) is 0 Å². The van der Waals surface area contributed by atoms with Crippen molar-refractivity contribution < 1.29 is 0 Å². The van der Waals surface area contributed by atoms with Gasteiger partial charge in [0.05, 0.1) is 0 Å². The van der Waals surface area contributed by atoms with Crippen molar-refractivity contribution in [3.05, 3.63) is 0 Å². The quantitative estimate of drug-likeness (QED) is 0.570. The molecule has 0 heterocycles. The highest BCUT2D eigenvalue weighted by atomic mass is 14.9. The van der Waals surface area contributed by atoms with Gasteiger partial charge in [-0.05, 0) is 45.8 Å². The lowest BCUT2D eigenvalue weighted by Gasteiger charge is -2.17. The lowest BCUT2D eigenvalue weighted by Crippen LogP contribution is -2.27. The van der Waals surface area contributed by atoms with Crippen molar-refractivity contribution in [1.29, 1.82) is 0 Å². The fourth-order valence-electron chi connectivity index (χ4n) is 1.47. The molecule has 0 aliphatic carbocycles. The molecular formula is C10H24N2. The second-order valence-electron chi connectivity index (χ2n) is 3.86. The Labute approximate surface area is 77.1 Å². The Morgan fingerprint density at radius 2 is 1.83 bits per heavy atom. The zero-order valence-corrected chi connectivity index (χ0v) is 8.98. The molecule has 0 fully saturated rings. The van der Waals surface area contributed by atoms with Gasteiger partial charge < -0.3 is 10.6 Å². The second kappa shape index (κ2) is 7.56. The maximum atomic E-state index is 3.36. The predicted octanol–water partition coefficient (Wildman–Crippen LogP) is 1.62. The number of hydrogen-bond donors (Lipinski definition) is 2. The first-order chi connectivity index (χ1) is 5.70. The number of rotatable bonds is 7. The summed E-state index contributed by atoms with van der Waals surface area (Å²) in [7, 11) is 4.07. The molecular weight excluding hydrogens is 148 g/mol. The van der Waals surface area contributed by atoms with Crippen LogP contribution in [0.15, 0.2) is 0 Å². The molecule has 0 rings (SSSR count). The van der Waals surface area contributed by atoms with Crippen molar-refractivity contribution in [2.75, 3.05) is 20.6 Å². The Balaban J connectivity index is 3.39. The van der Waals surface area contributed by atoms with Gasteiger partial charge in [-0.25, -0.2) is 0 Å². The molecule has 1 unspecified atom stereocenters. The van der Waals surface area contributed by atoms with E-state index in [9.17, 15) is 0 Å². The summed E-state index contributed by atoms with van der Waals surface area (Å²) in [6.45, 7) is 5.70. The molecule has 0 aliphatic rings. The molecule has 12 heavy (non-hydrogen) atoms. The van der Waals surface area contributed by atoms with Gasteiger partial charge in [0.25, 0.3) is 0 Å². The van der Waals surface area contributed by atoms with Gasteiger partial charge >= 0.3 is 0 Å². The second-order valence-corrected chi connectivity index (χ2v) is 3.86. The van der Waals surface area contributed by atoms with Crippen molar-refractivity contribution >= 4 is 0 Å². The molecule has 0 aromatic carbocycles. The van der Waals surface area contributed by atoms with E-state index in [2.05, 4.69) is 31.5 Å². The minimum absolute atomic E-state index is 0.707. The highest BCUT2D eigenvalue weighted by Gasteiger charge is 2.06. The predicted molar refractivity (Wildman–Crippen MR) is 55.5 cm³/mol. The van der Waals surface area contributed by atoms with Crippen LogP contribution in [0, 0.1) is 5.92 Å². The first-order valence-corrected chi connectivity index (χ1v) is 5.02. The molecule has 0 amide bonds. The van der Waals surface area contributed by atoms with E-state index in [4.69, 9.17) is 0 Å². The molecule has 74 valence electrons. The van der Waals surface area contributed by atoms with Gasteiger partial charge in [-0.3, -0.25) is 0 Å². The van der Waals surface area contributed by atoms with Gasteiger partial charge in [0.15, 0.2) is 0 Å². The summed E-state index contributed by atoms with van der Waals surface area (Å²) in [5, 5.41) is 6.54. The van der Waals surface area contributed by atoms with Crippen molar-refractivity contribution in [3.63, 3.8) is 0 Å². The van der Waals surface area contributed by atoms with Gasteiger partial charge in [0.1, 0.15) is 0 Å². The molecule has 2 heteroatoms. The van der Waals surface area contributed by atoms with Gasteiger partial charge in [-0.1, -0.05) is 13.8 Å². The molecule has 0 aromatic heterocycles. The van der Waals surface area contributed by atoms with E-state index in [1.807, 2.05) is 7.05 Å². The average molecular weight is 172 g/mol. The molecule has 0 aromatic rings. The molecule has 2 nitrogen and oxygen atoms in total. The number of nitrogens with one attached hydrogen (secondary N) is 2. The van der Waals surface area contributed by atoms with Crippen molar-refractivity contribution in [2.24, 2.45) is 5.92 Å². The summed E-state index contributed by atoms with van der Waals surface area (Å²) >= 11 is 0. The summed E-state index contributed by atoms with van der Waals surface area (Å²) < 4.78 is 0. The van der Waals surface area contributed by atoms with E-state index in [0.29, 0.717) is 6.04 Å². The third-order valence-electron chi connectivity index (χ3n) is 2.14. The lowest BCUT2D eigenvalue weighted by molar-refractivity contribution is 0.411. The largest absolute Gasteiger partial charge is 0.320 e. The van der Waals surface area contributed by atoms with Crippen LogP contribution < -0.4 is 10.6 Å². The highest BCUT2D eigenvalue weighted by Crippen LogP contribution is 2.08. The Morgan fingerprint density at radius 1 is 1.17 bits per heavy atom. The van der Waals surface area contributed by atoms with Crippen LogP contribution in [0.2, 0.25) is 0 Å². The molecule has 0 bridgehead atoms. The molecule has 0 saturated carbocycles. The standard InChI is InChI=1S/C10H24N2/c1-9(2)8-10(12-4)6-5-7-11-3/h9-12H,5-8H2,1-4H3. The van der Waals surface area contributed by atoms with Crippen molar-refractivity contribution in [3.8, 4) is 0 Å². The zero-order valence-electron chi connectivity index (χ0n) is 8.98. The molecule has 0 saturated heterocycles. The van der Waals surface area contributed by atoms with Crippen LogP contribution in [-0.4, -0.2) is 26.7 Å². The van der Waals surface area contributed by atoms with Gasteiger partial charge in [0, 0.05) is 6.04 Å². The molecule has 0 aliphatic heterocycles. The normalized spacial score (nSPS) is 13.8. The molecule has 0 radical (unpaired) electrons. The third kappa shape index (κ3) is 6.62. The monoisotopic (exact) mass is 172 g/mol. The Bertz CT molecular complexity index is 91.8. The minimum atomic E-state index is 0.707. The Kier molecular flexibility index (Phi) is 7.51. The fourth-order valence-corrected chi connectivity index (χ4v) is 1.47. The molecule has 2 N–H and O–H groups in total. The van der Waals surface area contributed by atoms with Crippen LogP contribution in [0.25, 0.3) is 0 Å². The lowest BCUT2D eigenvalue weighted by atomic mass is 10.00. The maximum absolute atomic E-state index is 3.36. The van der Waals surface area contributed by atoms with E-state index in [1.54, 1.807) is 0 Å². The summed E-state index contributed by atoms with van der Waals surface area (Å²) in [6.07, 6.45) is 3.85. The summed E-state index contributed by atoms with van der Waals surface area (Å²) in [5.74, 6) is 0.803. The van der Waals surface area contributed by atoms with E-state index < -0.39 is 0 Å². The van der Waals surface area contributed by atoms with Gasteiger partial charge in [-0.15, -0.1) is 0 Å². The third-order valence-corrected chi connectivity index (χ3v) is 2.14. The van der Waals surface area contributed by atoms with E-state index in [0.717, 1.165) is 12.5 Å². The summed E-state index contributed by atoms with van der Waals surface area (Å²) in [5.41, 5.74) is 0. The van der Waals surface area contributed by atoms with Crippen LogP contribution >= 0.6 is 0 Å². The van der Waals surface area contributed by atoms with Crippen molar-refractivity contribution in [1.82, 2.24) is 10.6 Å². The van der Waals surface area contributed by atoms with Crippen LogP contribution in [0.4, 0.5) is 0 Å². The van der Waals surface area contributed by atoms with E-state index in [-0.39, 0.29) is 0 Å². The van der Waals surface area contributed by atoms with Crippen molar-refractivity contribution in [2.45, 2.75) is 39.2 Å².